The van der Waals surface area contributed by atoms with Gasteiger partial charge in [-0.05, 0) is 43.5 Å². The van der Waals surface area contributed by atoms with Crippen LogP contribution in [0.2, 0.25) is 0 Å². The number of carbonyl (C=O) groups excluding carboxylic acids is 1. The minimum absolute atomic E-state index is 0. The first kappa shape index (κ1) is 30.4. The van der Waals surface area contributed by atoms with Gasteiger partial charge in [-0.1, -0.05) is 31.9 Å². The van der Waals surface area contributed by atoms with Crippen LogP contribution in [-0.2, 0) is 21.5 Å². The van der Waals surface area contributed by atoms with Crippen LogP contribution in [0.25, 0.3) is 0 Å². The molecule has 0 bridgehead atoms. The predicted molar refractivity (Wildman–Crippen MR) is 125 cm³/mol. The quantitative estimate of drug-likeness (QED) is 0.0740. The van der Waals surface area contributed by atoms with Gasteiger partial charge in [0.2, 0.25) is 11.8 Å². The summed E-state index contributed by atoms with van der Waals surface area (Å²) in [6.07, 6.45) is 0. The zero-order chi connectivity index (χ0) is 25.1. The average Bonchev–Trinajstić information content (AvgIpc) is 2.72. The number of nitrogens with one attached hydrogen (secondary N) is 2. The number of carbonyl (C=O) groups is 1. The summed E-state index contributed by atoms with van der Waals surface area (Å²) in [6, 6.07) is 3.33. The van der Waals surface area contributed by atoms with E-state index in [1.165, 1.54) is 19.9 Å². The minimum Gasteiger partial charge on any atom is -0.859 e. The molecule has 1 heterocycles. The number of azo groups is 1. The number of hydrogen-bond acceptors (Lipinski definition) is 9. The molecule has 0 fully saturated rings. The van der Waals surface area contributed by atoms with E-state index in [4.69, 9.17) is 5.41 Å². The first-order chi connectivity index (χ1) is 15.3. The molecule has 178 valence electrons. The van der Waals surface area contributed by atoms with Crippen LogP contribution in [0.15, 0.2) is 38.1 Å². The Hall–Kier alpha value is -1.62. The Morgan fingerprint density at radius 3 is 2.47 bits per heavy atom. The van der Waals surface area contributed by atoms with Crippen molar-refractivity contribution < 1.29 is 57.5 Å². The van der Waals surface area contributed by atoms with Crippen molar-refractivity contribution >= 4 is 70.8 Å². The fourth-order valence-corrected chi connectivity index (χ4v) is 3.79. The molecule has 0 saturated carbocycles. The molecule has 2 aromatic rings. The third-order valence-corrected chi connectivity index (χ3v) is 7.54. The summed E-state index contributed by atoms with van der Waals surface area (Å²) in [7, 11) is -4.76. The van der Waals surface area contributed by atoms with E-state index in [-0.39, 0.29) is 47.4 Å². The molecule has 12 nitrogen and oxygen atoms in total. The van der Waals surface area contributed by atoms with E-state index < -0.39 is 60.0 Å². The Balaban J connectivity index is 0.00000578. The molecule has 0 aliphatic heterocycles. The van der Waals surface area contributed by atoms with Crippen LogP contribution < -0.4 is 45.5 Å². The normalized spacial score (nSPS) is 12.3. The summed E-state index contributed by atoms with van der Waals surface area (Å²) >= 11 is 6.28. The largest absolute Gasteiger partial charge is 1.00 e. The van der Waals surface area contributed by atoms with Crippen LogP contribution in [0, 0.1) is 12.3 Å². The van der Waals surface area contributed by atoms with Gasteiger partial charge in [0.1, 0.15) is 15.4 Å². The number of hydrogen-bond donors (Lipinski definition) is 4. The molecule has 16 heteroatoms. The fraction of sp³-hybridized carbons (Fsp3) is 0.278. The zero-order valence-electron chi connectivity index (χ0n) is 18.2. The first-order valence-corrected chi connectivity index (χ1v) is 12.6. The Morgan fingerprint density at radius 1 is 1.35 bits per heavy atom. The Bertz CT molecular complexity index is 1310. The van der Waals surface area contributed by atoms with Gasteiger partial charge in [-0.25, -0.2) is 0 Å². The molecule has 1 atom stereocenters. The SMILES string of the molecule is CCn1c(O)c(C(=N)[O-])c(C)c(N=Nc2cc(NC(=O)C(Br)CBr)ccc2S(=O)(=O)O)c1=O.[Na+]. The summed E-state index contributed by atoms with van der Waals surface area (Å²) in [4.78, 5) is 23.5. The van der Waals surface area contributed by atoms with E-state index in [2.05, 4.69) is 47.4 Å². The molecule has 0 aliphatic rings. The van der Waals surface area contributed by atoms with E-state index in [9.17, 15) is 32.8 Å². The van der Waals surface area contributed by atoms with E-state index in [1.54, 1.807) is 0 Å². The molecule has 0 aliphatic carbocycles. The van der Waals surface area contributed by atoms with Crippen molar-refractivity contribution in [1.29, 1.82) is 5.41 Å². The van der Waals surface area contributed by atoms with Gasteiger partial charge in [-0.3, -0.25) is 18.7 Å². The van der Waals surface area contributed by atoms with Crippen molar-refractivity contribution in [3.8, 4) is 5.88 Å². The van der Waals surface area contributed by atoms with Gasteiger partial charge in [0.15, 0.2) is 5.69 Å². The summed E-state index contributed by atoms with van der Waals surface area (Å²) < 4.78 is 33.8. The van der Waals surface area contributed by atoms with Gasteiger partial charge < -0.3 is 20.9 Å². The number of amides is 1. The Kier molecular flexibility index (Phi) is 11.1. The van der Waals surface area contributed by atoms with Crippen molar-refractivity contribution in [1.82, 2.24) is 4.57 Å². The number of halogens is 2. The summed E-state index contributed by atoms with van der Waals surface area (Å²) in [6.45, 7) is 2.74. The van der Waals surface area contributed by atoms with Crippen molar-refractivity contribution in [2.45, 2.75) is 30.1 Å². The summed E-state index contributed by atoms with van der Waals surface area (Å²) in [5, 5.41) is 39.5. The molecule has 4 N–H and O–H groups in total. The van der Waals surface area contributed by atoms with E-state index in [1.807, 2.05) is 0 Å². The van der Waals surface area contributed by atoms with Gasteiger partial charge in [-0.2, -0.15) is 8.42 Å². The number of rotatable bonds is 8. The van der Waals surface area contributed by atoms with Gasteiger partial charge in [0.05, 0.1) is 5.56 Å². The van der Waals surface area contributed by atoms with Crippen LogP contribution in [-0.4, -0.2) is 44.6 Å². The van der Waals surface area contributed by atoms with E-state index in [0.717, 1.165) is 16.7 Å². The molecule has 0 saturated heterocycles. The Morgan fingerprint density at radius 2 is 1.97 bits per heavy atom. The van der Waals surface area contributed by atoms with Crippen molar-refractivity contribution in [3.63, 3.8) is 0 Å². The molecule has 0 spiro atoms. The van der Waals surface area contributed by atoms with Crippen LogP contribution in [0.1, 0.15) is 18.1 Å². The number of aromatic hydroxyl groups is 1. The van der Waals surface area contributed by atoms with E-state index in [0.29, 0.717) is 5.33 Å². The molecule has 2 rings (SSSR count). The topological polar surface area (TPSA) is 197 Å². The van der Waals surface area contributed by atoms with Crippen LogP contribution >= 0.6 is 31.9 Å². The number of alkyl halides is 2. The molecular weight excluding hydrogens is 613 g/mol. The molecule has 0 radical (unpaired) electrons. The molecule has 1 aromatic heterocycles. The molecular formula is C18H18Br2N5NaO7S. The van der Waals surface area contributed by atoms with Gasteiger partial charge in [0.25, 0.3) is 15.7 Å². The maximum Gasteiger partial charge on any atom is 1.00 e. The molecule has 1 unspecified atom stereocenters. The van der Waals surface area contributed by atoms with Crippen molar-refractivity contribution in [3.05, 3.63) is 39.7 Å². The number of pyridine rings is 1. The maximum atomic E-state index is 12.7. The second-order valence-corrected chi connectivity index (χ2v) is 9.66. The van der Waals surface area contributed by atoms with Gasteiger partial charge >= 0.3 is 29.6 Å². The monoisotopic (exact) mass is 629 g/mol. The first-order valence-electron chi connectivity index (χ1n) is 9.09. The second kappa shape index (κ2) is 12.4. The van der Waals surface area contributed by atoms with E-state index >= 15 is 0 Å². The third-order valence-electron chi connectivity index (χ3n) is 4.38. The summed E-state index contributed by atoms with van der Waals surface area (Å²) in [5.41, 5.74) is -2.13. The van der Waals surface area contributed by atoms with Crippen LogP contribution in [0.3, 0.4) is 0 Å². The average molecular weight is 631 g/mol. The van der Waals surface area contributed by atoms with Gasteiger partial charge in [-0.15, -0.1) is 10.2 Å². The zero-order valence-corrected chi connectivity index (χ0v) is 24.2. The van der Waals surface area contributed by atoms with Crippen molar-refractivity contribution in [2.75, 3.05) is 10.6 Å². The van der Waals surface area contributed by atoms with Crippen LogP contribution in [0.5, 0.6) is 5.88 Å². The molecule has 34 heavy (non-hydrogen) atoms. The standard InChI is InChI=1S/C18H19Br2N5O7S.Na/c1-3-25-17(28)13(15(21)26)8(2)14(18(25)29)24-23-11-6-9(22-16(27)10(20)7-19)4-5-12(11)33(30,31)32;/h4-6,10,28H,3,7H2,1-2H3,(H2,21,26)(H,22,27)(H,30,31,32);/q;+1/p-1. The number of nitrogens with zero attached hydrogens (tertiary/aromatic N) is 3. The third kappa shape index (κ3) is 6.74. The number of anilines is 1. The molecule has 1 amide bonds. The smallest absolute Gasteiger partial charge is 0.859 e. The number of benzene rings is 1. The minimum atomic E-state index is -4.76. The molecule has 1 aromatic carbocycles. The summed E-state index contributed by atoms with van der Waals surface area (Å²) in [5.74, 6) is -2.41. The maximum absolute atomic E-state index is 12.7. The number of aromatic nitrogens is 1. The second-order valence-electron chi connectivity index (χ2n) is 6.52. The Labute approximate surface area is 233 Å². The fourth-order valence-electron chi connectivity index (χ4n) is 2.77. The predicted octanol–water partition coefficient (Wildman–Crippen LogP) is -0.669. The van der Waals surface area contributed by atoms with Gasteiger partial charge in [0, 0.05) is 17.6 Å². The van der Waals surface area contributed by atoms with Crippen LogP contribution in [0.4, 0.5) is 17.1 Å². The van der Waals surface area contributed by atoms with Crippen molar-refractivity contribution in [2.24, 2.45) is 10.2 Å².